The minimum atomic E-state index is -0.472. The van der Waals surface area contributed by atoms with Gasteiger partial charge in [0.1, 0.15) is 0 Å². The first-order valence-electron chi connectivity index (χ1n) is 5.35. The van der Waals surface area contributed by atoms with Crippen LogP contribution in [0.25, 0.3) is 0 Å². The molecule has 0 saturated heterocycles. The molecule has 0 aliphatic heterocycles. The van der Waals surface area contributed by atoms with E-state index in [2.05, 4.69) is 5.32 Å². The Bertz CT molecular complexity index is 322. The number of hydrogen-bond donors (Lipinski definition) is 2. The van der Waals surface area contributed by atoms with Gasteiger partial charge in [0, 0.05) is 29.1 Å². The van der Waals surface area contributed by atoms with Crippen molar-refractivity contribution in [3.8, 4) is 0 Å². The summed E-state index contributed by atoms with van der Waals surface area (Å²) >= 11 is 12.0. The highest BCUT2D eigenvalue weighted by Gasteiger charge is 2.11. The van der Waals surface area contributed by atoms with Crippen LogP contribution < -0.4 is 5.32 Å². The van der Waals surface area contributed by atoms with Crippen molar-refractivity contribution in [2.75, 3.05) is 6.54 Å². The van der Waals surface area contributed by atoms with Gasteiger partial charge in [-0.15, -0.1) is 0 Å². The summed E-state index contributed by atoms with van der Waals surface area (Å²) < 4.78 is 0. The summed E-state index contributed by atoms with van der Waals surface area (Å²) in [5, 5.41) is 14.2. The zero-order valence-electron chi connectivity index (χ0n) is 9.50. The van der Waals surface area contributed by atoms with E-state index >= 15 is 0 Å². The average Bonchev–Trinajstić information content (AvgIpc) is 2.21. The Hall–Kier alpha value is -0.280. The van der Waals surface area contributed by atoms with Crippen LogP contribution >= 0.6 is 23.2 Å². The van der Waals surface area contributed by atoms with Gasteiger partial charge in [-0.2, -0.15) is 0 Å². The second-order valence-electron chi connectivity index (χ2n) is 4.12. The highest BCUT2D eigenvalue weighted by molar-refractivity contribution is 6.35. The molecule has 1 rings (SSSR count). The van der Waals surface area contributed by atoms with E-state index in [4.69, 9.17) is 23.2 Å². The van der Waals surface area contributed by atoms with E-state index in [1.807, 2.05) is 13.8 Å². The summed E-state index contributed by atoms with van der Waals surface area (Å²) in [4.78, 5) is 0. The molecule has 2 nitrogen and oxygen atoms in total. The maximum atomic E-state index is 9.82. The molecule has 16 heavy (non-hydrogen) atoms. The van der Waals surface area contributed by atoms with Crippen molar-refractivity contribution in [1.29, 1.82) is 0 Å². The lowest BCUT2D eigenvalue weighted by atomic mass is 10.1. The zero-order valence-corrected chi connectivity index (χ0v) is 11.0. The molecule has 1 aromatic rings. The number of nitrogens with one attached hydrogen (secondary N) is 1. The molecule has 0 radical (unpaired) electrons. The molecule has 0 amide bonds. The summed E-state index contributed by atoms with van der Waals surface area (Å²) in [5.74, 6) is 0. The fourth-order valence-electron chi connectivity index (χ4n) is 1.41. The summed E-state index contributed by atoms with van der Waals surface area (Å²) in [6, 6.07) is 5.72. The van der Waals surface area contributed by atoms with Crippen LogP contribution in [0.2, 0.25) is 10.0 Å². The molecule has 2 N–H and O–H groups in total. The predicted octanol–water partition coefficient (Wildman–Crippen LogP) is 2.89. The molecule has 0 spiro atoms. The Balaban J connectivity index is 2.59. The maximum absolute atomic E-state index is 9.82. The van der Waals surface area contributed by atoms with Gasteiger partial charge >= 0.3 is 0 Å². The second-order valence-corrected chi connectivity index (χ2v) is 4.94. The van der Waals surface area contributed by atoms with Crippen molar-refractivity contribution in [3.63, 3.8) is 0 Å². The fourth-order valence-corrected chi connectivity index (χ4v) is 1.96. The normalized spacial score (nSPS) is 13.1. The first kappa shape index (κ1) is 13.8. The van der Waals surface area contributed by atoms with Gasteiger partial charge in [0.25, 0.3) is 0 Å². The molecule has 0 bridgehead atoms. The molecule has 1 unspecified atom stereocenters. The summed E-state index contributed by atoms with van der Waals surface area (Å²) in [7, 11) is 0. The Morgan fingerprint density at radius 3 is 2.31 bits per heavy atom. The average molecular weight is 262 g/mol. The van der Waals surface area contributed by atoms with Gasteiger partial charge in [-0.3, -0.25) is 0 Å². The van der Waals surface area contributed by atoms with Crippen LogP contribution in [0.15, 0.2) is 18.2 Å². The van der Waals surface area contributed by atoms with Gasteiger partial charge in [-0.25, -0.2) is 0 Å². The number of aliphatic hydroxyl groups is 1. The van der Waals surface area contributed by atoms with Crippen LogP contribution in [-0.4, -0.2) is 23.8 Å². The van der Waals surface area contributed by atoms with Crippen molar-refractivity contribution < 1.29 is 5.11 Å². The molecular weight excluding hydrogens is 245 g/mol. The van der Waals surface area contributed by atoms with Crippen LogP contribution in [0.4, 0.5) is 0 Å². The minimum Gasteiger partial charge on any atom is -0.391 e. The highest BCUT2D eigenvalue weighted by Crippen LogP contribution is 2.25. The third-order valence-electron chi connectivity index (χ3n) is 2.26. The van der Waals surface area contributed by atoms with Crippen molar-refractivity contribution in [3.05, 3.63) is 33.8 Å². The number of rotatable bonds is 5. The van der Waals surface area contributed by atoms with Crippen LogP contribution in [0.1, 0.15) is 19.4 Å². The van der Waals surface area contributed by atoms with Crippen molar-refractivity contribution >= 4 is 23.2 Å². The second kappa shape index (κ2) is 6.45. The first-order valence-corrected chi connectivity index (χ1v) is 6.10. The van der Waals surface area contributed by atoms with Gasteiger partial charge in [-0.05, 0) is 17.7 Å². The van der Waals surface area contributed by atoms with Crippen LogP contribution in [-0.2, 0) is 6.42 Å². The predicted molar refractivity (Wildman–Crippen MR) is 69.3 cm³/mol. The topological polar surface area (TPSA) is 32.3 Å². The Morgan fingerprint density at radius 2 is 1.81 bits per heavy atom. The molecule has 4 heteroatoms. The molecule has 90 valence electrons. The van der Waals surface area contributed by atoms with Crippen molar-refractivity contribution in [1.82, 2.24) is 5.32 Å². The van der Waals surface area contributed by atoms with E-state index < -0.39 is 6.10 Å². The van der Waals surface area contributed by atoms with Gasteiger partial charge in [0.15, 0.2) is 0 Å². The number of benzene rings is 1. The third kappa shape index (κ3) is 4.30. The van der Waals surface area contributed by atoms with E-state index in [9.17, 15) is 5.11 Å². The highest BCUT2D eigenvalue weighted by atomic mass is 35.5. The van der Waals surface area contributed by atoms with Crippen LogP contribution in [0, 0.1) is 0 Å². The first-order chi connectivity index (χ1) is 7.50. The molecule has 1 atom stereocenters. The number of halogens is 2. The summed E-state index contributed by atoms with van der Waals surface area (Å²) in [5.41, 5.74) is 0.809. The molecule has 1 aromatic carbocycles. The smallest absolute Gasteiger partial charge is 0.0706 e. The van der Waals surface area contributed by atoms with Crippen LogP contribution in [0.3, 0.4) is 0 Å². The Morgan fingerprint density at radius 1 is 1.25 bits per heavy atom. The quantitative estimate of drug-likeness (QED) is 0.855. The SMILES string of the molecule is CC(C)NCC(O)Cc1c(Cl)cccc1Cl. The maximum Gasteiger partial charge on any atom is 0.0706 e. The van der Waals surface area contributed by atoms with E-state index in [1.165, 1.54) is 0 Å². The zero-order chi connectivity index (χ0) is 12.1. The lowest BCUT2D eigenvalue weighted by Crippen LogP contribution is -2.33. The lowest BCUT2D eigenvalue weighted by Gasteiger charge is -2.15. The summed E-state index contributed by atoms with van der Waals surface area (Å²) in [6.07, 6.45) is -0.00194. The van der Waals surface area contributed by atoms with Crippen LogP contribution in [0.5, 0.6) is 0 Å². The lowest BCUT2D eigenvalue weighted by molar-refractivity contribution is 0.169. The number of hydrogen-bond acceptors (Lipinski definition) is 2. The van der Waals surface area contributed by atoms with E-state index in [-0.39, 0.29) is 0 Å². The molecule has 0 aliphatic rings. The third-order valence-corrected chi connectivity index (χ3v) is 2.97. The molecule has 0 aliphatic carbocycles. The van der Waals surface area contributed by atoms with Gasteiger partial charge in [0.05, 0.1) is 6.10 Å². The van der Waals surface area contributed by atoms with Crippen molar-refractivity contribution in [2.24, 2.45) is 0 Å². The molecule has 0 heterocycles. The molecule has 0 aromatic heterocycles. The van der Waals surface area contributed by atoms with E-state index in [0.717, 1.165) is 5.56 Å². The largest absolute Gasteiger partial charge is 0.391 e. The van der Waals surface area contributed by atoms with E-state index in [1.54, 1.807) is 18.2 Å². The van der Waals surface area contributed by atoms with Crippen molar-refractivity contribution in [2.45, 2.75) is 32.4 Å². The summed E-state index contributed by atoms with van der Waals surface area (Å²) in [6.45, 7) is 4.61. The Kier molecular flexibility index (Phi) is 5.56. The molecular formula is C12H17Cl2NO. The monoisotopic (exact) mass is 261 g/mol. The van der Waals surface area contributed by atoms with E-state index in [0.29, 0.717) is 29.1 Å². The van der Waals surface area contributed by atoms with Gasteiger partial charge in [0.2, 0.25) is 0 Å². The van der Waals surface area contributed by atoms with Gasteiger partial charge < -0.3 is 10.4 Å². The van der Waals surface area contributed by atoms with Gasteiger partial charge in [-0.1, -0.05) is 43.1 Å². The standard InChI is InChI=1S/C12H17Cl2NO/c1-8(2)15-7-9(16)6-10-11(13)4-3-5-12(10)14/h3-5,8-9,15-16H,6-7H2,1-2H3. The molecule has 0 saturated carbocycles. The fraction of sp³-hybridized carbons (Fsp3) is 0.500. The number of aliphatic hydroxyl groups excluding tert-OH is 1. The minimum absolute atomic E-state index is 0.358. The molecule has 0 fully saturated rings. The Labute approximate surface area is 107 Å².